The smallest absolute Gasteiger partial charge is 0.431 e. The molecule has 0 saturated heterocycles. The van der Waals surface area contributed by atoms with Gasteiger partial charge in [-0.05, 0) is 24.6 Å². The Morgan fingerprint density at radius 1 is 1.12 bits per heavy atom. The maximum absolute atomic E-state index is 12.4. The zero-order valence-corrected chi connectivity index (χ0v) is 13.5. The summed E-state index contributed by atoms with van der Waals surface area (Å²) in [5, 5.41) is 7.72. The van der Waals surface area contributed by atoms with E-state index in [9.17, 15) is 9.59 Å². The Labute approximate surface area is 143 Å². The molecule has 0 aliphatic heterocycles. The van der Waals surface area contributed by atoms with Crippen LogP contribution in [-0.4, -0.2) is 33.1 Å². The number of carbonyl (C=O) groups excluding carboxylic acids is 2. The molecular formula is C17H16N4O4. The van der Waals surface area contributed by atoms with Gasteiger partial charge in [-0.2, -0.15) is 10.2 Å². The van der Waals surface area contributed by atoms with Crippen molar-refractivity contribution in [1.29, 1.82) is 0 Å². The molecule has 0 fully saturated rings. The molecule has 3 rings (SSSR count). The van der Waals surface area contributed by atoms with Gasteiger partial charge in [0.15, 0.2) is 6.10 Å². The van der Waals surface area contributed by atoms with E-state index in [-0.39, 0.29) is 6.61 Å². The number of hydroxylamine groups is 1. The van der Waals surface area contributed by atoms with Crippen molar-refractivity contribution in [3.8, 4) is 0 Å². The van der Waals surface area contributed by atoms with Gasteiger partial charge in [0.2, 0.25) is 0 Å². The first-order valence-corrected chi connectivity index (χ1v) is 7.62. The summed E-state index contributed by atoms with van der Waals surface area (Å²) >= 11 is 0. The number of nitrogens with zero attached hydrogens (tertiary/aromatic N) is 3. The number of nitrogens with one attached hydrogen (secondary N) is 1. The minimum absolute atomic E-state index is 0.103. The molecule has 8 nitrogen and oxygen atoms in total. The van der Waals surface area contributed by atoms with Gasteiger partial charge in [0.1, 0.15) is 12.1 Å². The molecule has 3 aromatic rings. The molecule has 25 heavy (non-hydrogen) atoms. The fourth-order valence-corrected chi connectivity index (χ4v) is 2.14. The molecule has 0 saturated carbocycles. The maximum Gasteiger partial charge on any atom is 0.431 e. The van der Waals surface area contributed by atoms with Crippen molar-refractivity contribution in [2.45, 2.75) is 19.6 Å². The van der Waals surface area contributed by atoms with Crippen LogP contribution in [-0.2, 0) is 16.2 Å². The molecule has 128 valence electrons. The first kappa shape index (κ1) is 16.6. The van der Waals surface area contributed by atoms with Gasteiger partial charge in [0, 0.05) is 0 Å². The van der Waals surface area contributed by atoms with Crippen molar-refractivity contribution in [1.82, 2.24) is 20.5 Å². The summed E-state index contributed by atoms with van der Waals surface area (Å²) in [6.07, 6.45) is -1.75. The predicted octanol–water partition coefficient (Wildman–Crippen LogP) is 2.32. The topological polar surface area (TPSA) is 95.3 Å². The fourth-order valence-electron chi connectivity index (χ4n) is 2.14. The SMILES string of the molecule is C[C@H](ONC(=O)OCc1ccccc1)C(=O)n1nnc2ccccc21. The molecule has 0 spiro atoms. The molecule has 0 bridgehead atoms. The van der Waals surface area contributed by atoms with Gasteiger partial charge in [-0.1, -0.05) is 47.7 Å². The number of hydrogen-bond acceptors (Lipinski definition) is 6. The van der Waals surface area contributed by atoms with Crippen molar-refractivity contribution in [3.63, 3.8) is 0 Å². The van der Waals surface area contributed by atoms with Crippen molar-refractivity contribution >= 4 is 23.0 Å². The highest BCUT2D eigenvalue weighted by Gasteiger charge is 2.21. The lowest BCUT2D eigenvalue weighted by Crippen LogP contribution is -2.35. The number of para-hydroxylation sites is 1. The first-order chi connectivity index (χ1) is 12.1. The second kappa shape index (κ2) is 7.54. The van der Waals surface area contributed by atoms with Crippen molar-refractivity contribution in [2.75, 3.05) is 0 Å². The summed E-state index contributed by atoms with van der Waals surface area (Å²) in [6.45, 7) is 1.60. The number of hydrogen-bond donors (Lipinski definition) is 1. The molecule has 0 radical (unpaired) electrons. The normalized spacial score (nSPS) is 11.9. The number of rotatable bonds is 5. The molecule has 8 heteroatoms. The minimum atomic E-state index is -0.964. The van der Waals surface area contributed by atoms with Crippen LogP contribution in [0.4, 0.5) is 4.79 Å². The van der Waals surface area contributed by atoms with E-state index in [4.69, 9.17) is 9.57 Å². The standard InChI is InChI=1S/C17H16N4O4/c1-12(16(22)21-15-10-6-5-9-14(15)18-20-21)25-19-17(23)24-11-13-7-3-2-4-8-13/h2-10,12H,11H2,1H3,(H,19,23)/t12-/m0/s1. The molecule has 1 aromatic heterocycles. The number of aromatic nitrogens is 3. The Morgan fingerprint density at radius 2 is 1.84 bits per heavy atom. The van der Waals surface area contributed by atoms with Crippen LogP contribution < -0.4 is 5.48 Å². The van der Waals surface area contributed by atoms with Gasteiger partial charge < -0.3 is 4.74 Å². The fraction of sp³-hybridized carbons (Fsp3) is 0.176. The van der Waals surface area contributed by atoms with Crippen LogP contribution >= 0.6 is 0 Å². The molecular weight excluding hydrogens is 324 g/mol. The van der Waals surface area contributed by atoms with Crippen LogP contribution in [0.1, 0.15) is 17.3 Å². The van der Waals surface area contributed by atoms with Crippen LogP contribution in [0.25, 0.3) is 11.0 Å². The van der Waals surface area contributed by atoms with E-state index in [0.717, 1.165) is 10.2 Å². The molecule has 0 aliphatic carbocycles. The largest absolute Gasteiger partial charge is 0.443 e. The van der Waals surface area contributed by atoms with Gasteiger partial charge in [0.05, 0.1) is 5.52 Å². The molecule has 0 aliphatic rings. The van der Waals surface area contributed by atoms with Crippen molar-refractivity contribution in [2.24, 2.45) is 0 Å². The summed E-state index contributed by atoms with van der Waals surface area (Å²) < 4.78 is 6.13. The monoisotopic (exact) mass is 340 g/mol. The summed E-state index contributed by atoms with van der Waals surface area (Å²) in [5.74, 6) is -0.461. The lowest BCUT2D eigenvalue weighted by atomic mass is 10.2. The van der Waals surface area contributed by atoms with E-state index in [2.05, 4.69) is 15.8 Å². The highest BCUT2D eigenvalue weighted by atomic mass is 16.7. The highest BCUT2D eigenvalue weighted by molar-refractivity contribution is 5.91. The Balaban J connectivity index is 1.52. The van der Waals surface area contributed by atoms with Crippen LogP contribution in [0.15, 0.2) is 54.6 Å². The van der Waals surface area contributed by atoms with Gasteiger partial charge in [-0.3, -0.25) is 9.63 Å². The van der Waals surface area contributed by atoms with E-state index >= 15 is 0 Å². The Hall–Kier alpha value is -3.26. The maximum atomic E-state index is 12.4. The lowest BCUT2D eigenvalue weighted by Gasteiger charge is -2.12. The van der Waals surface area contributed by atoms with Crippen molar-refractivity contribution in [3.05, 3.63) is 60.2 Å². The quantitative estimate of drug-likeness (QED) is 0.716. The van der Waals surface area contributed by atoms with Gasteiger partial charge in [-0.25, -0.2) is 4.79 Å². The number of amides is 1. The van der Waals surface area contributed by atoms with Gasteiger partial charge in [-0.15, -0.1) is 5.10 Å². The zero-order chi connectivity index (χ0) is 17.6. The third-order valence-corrected chi connectivity index (χ3v) is 3.44. The summed E-state index contributed by atoms with van der Waals surface area (Å²) in [4.78, 5) is 29.1. The second-order valence-electron chi connectivity index (χ2n) is 5.25. The van der Waals surface area contributed by atoms with Crippen LogP contribution in [0.2, 0.25) is 0 Å². The predicted molar refractivity (Wildman–Crippen MR) is 88.5 cm³/mol. The van der Waals surface area contributed by atoms with Crippen LogP contribution in [0.5, 0.6) is 0 Å². The summed E-state index contributed by atoms with van der Waals surface area (Å²) in [6, 6.07) is 16.3. The molecule has 1 amide bonds. The molecule has 2 aromatic carbocycles. The van der Waals surface area contributed by atoms with Crippen LogP contribution in [0, 0.1) is 0 Å². The lowest BCUT2D eigenvalue weighted by molar-refractivity contribution is -0.0129. The third kappa shape index (κ3) is 3.99. The average Bonchev–Trinajstić information content (AvgIpc) is 3.08. The third-order valence-electron chi connectivity index (χ3n) is 3.44. The van der Waals surface area contributed by atoms with E-state index in [1.807, 2.05) is 30.3 Å². The van der Waals surface area contributed by atoms with E-state index in [1.165, 1.54) is 6.92 Å². The zero-order valence-electron chi connectivity index (χ0n) is 13.5. The van der Waals surface area contributed by atoms with Gasteiger partial charge in [0.25, 0.3) is 5.91 Å². The number of benzene rings is 2. The van der Waals surface area contributed by atoms with E-state index in [1.54, 1.807) is 24.3 Å². The second-order valence-corrected chi connectivity index (χ2v) is 5.25. The van der Waals surface area contributed by atoms with Crippen LogP contribution in [0.3, 0.4) is 0 Å². The minimum Gasteiger partial charge on any atom is -0.443 e. The molecule has 1 heterocycles. The Morgan fingerprint density at radius 3 is 2.64 bits per heavy atom. The summed E-state index contributed by atoms with van der Waals surface area (Å²) in [7, 11) is 0. The number of fused-ring (bicyclic) bond motifs is 1. The molecule has 1 atom stereocenters. The highest BCUT2D eigenvalue weighted by Crippen LogP contribution is 2.10. The Kier molecular flexibility index (Phi) is 5.00. The Bertz CT molecular complexity index is 878. The van der Waals surface area contributed by atoms with Crippen molar-refractivity contribution < 1.29 is 19.2 Å². The first-order valence-electron chi connectivity index (χ1n) is 7.62. The summed E-state index contributed by atoms with van der Waals surface area (Å²) in [5.41, 5.74) is 4.10. The van der Waals surface area contributed by atoms with Gasteiger partial charge >= 0.3 is 6.09 Å². The van der Waals surface area contributed by atoms with E-state index in [0.29, 0.717) is 11.0 Å². The molecule has 1 N–H and O–H groups in total. The molecule has 0 unspecified atom stereocenters. The number of ether oxygens (including phenoxy) is 1. The number of carbonyl (C=O) groups is 2. The average molecular weight is 340 g/mol. The van der Waals surface area contributed by atoms with E-state index < -0.39 is 18.1 Å².